The highest BCUT2D eigenvalue weighted by Crippen LogP contribution is 2.29. The van der Waals surface area contributed by atoms with Gasteiger partial charge in [-0.25, -0.2) is 9.78 Å². The maximum atomic E-state index is 11.2. The first kappa shape index (κ1) is 18.4. The highest BCUT2D eigenvalue weighted by atomic mass is 35.5. The first-order valence-electron chi connectivity index (χ1n) is 7.04. The molecule has 0 aliphatic rings. The highest BCUT2D eigenvalue weighted by molar-refractivity contribution is 8.13. The van der Waals surface area contributed by atoms with Crippen LogP contribution < -0.4 is 10.1 Å². The number of rotatable bonds is 6. The minimum atomic E-state index is -0.585. The number of anilines is 1. The van der Waals surface area contributed by atoms with Crippen LogP contribution in [-0.2, 0) is 16.1 Å². The minimum absolute atomic E-state index is 0.0419. The number of benzene rings is 1. The Labute approximate surface area is 160 Å². The quantitative estimate of drug-likeness (QED) is 0.478. The molecule has 9 nitrogen and oxygen atoms in total. The molecule has 3 rings (SSSR count). The van der Waals surface area contributed by atoms with Crippen molar-refractivity contribution in [3.63, 3.8) is 0 Å². The third kappa shape index (κ3) is 4.62. The molecule has 12 heteroatoms. The summed E-state index contributed by atoms with van der Waals surface area (Å²) in [6, 6.07) is 5.27. The van der Waals surface area contributed by atoms with E-state index in [1.54, 1.807) is 18.2 Å². The molecule has 2 aromatic heterocycles. The Morgan fingerprint density at radius 2 is 2.23 bits per heavy atom. The van der Waals surface area contributed by atoms with Crippen LogP contribution in [0.5, 0.6) is 5.75 Å². The fraction of sp³-hybridized carbons (Fsp3) is 0.214. The second-order valence-corrected chi connectivity index (χ2v) is 6.93. The van der Waals surface area contributed by atoms with E-state index in [2.05, 4.69) is 25.2 Å². The number of ether oxygens (including phenoxy) is 2. The van der Waals surface area contributed by atoms with Gasteiger partial charge in [0.1, 0.15) is 5.75 Å². The average molecular weight is 415 g/mol. The Bertz CT molecular complexity index is 944. The van der Waals surface area contributed by atoms with Gasteiger partial charge in [0.15, 0.2) is 11.7 Å². The van der Waals surface area contributed by atoms with Gasteiger partial charge in [-0.1, -0.05) is 11.3 Å². The van der Waals surface area contributed by atoms with E-state index in [9.17, 15) is 9.59 Å². The molecule has 0 fully saturated rings. The van der Waals surface area contributed by atoms with Crippen molar-refractivity contribution < 1.29 is 23.5 Å². The highest BCUT2D eigenvalue weighted by Gasteiger charge is 2.12. The van der Waals surface area contributed by atoms with Gasteiger partial charge in [0.05, 0.1) is 23.2 Å². The van der Waals surface area contributed by atoms with Crippen LogP contribution in [0.15, 0.2) is 27.8 Å². The number of hydrogen-bond acceptors (Lipinski definition) is 10. The molecule has 1 aromatic carbocycles. The predicted molar refractivity (Wildman–Crippen MR) is 95.9 cm³/mol. The molecule has 0 aliphatic heterocycles. The number of carbonyl (C=O) groups excluding carboxylic acids is 2. The summed E-state index contributed by atoms with van der Waals surface area (Å²) in [5.74, 6) is 0.655. The van der Waals surface area contributed by atoms with E-state index in [4.69, 9.17) is 20.8 Å². The summed E-state index contributed by atoms with van der Waals surface area (Å²) >= 11 is 7.48. The van der Waals surface area contributed by atoms with E-state index in [1.807, 2.05) is 0 Å². The monoisotopic (exact) mass is 414 g/mol. The van der Waals surface area contributed by atoms with E-state index in [0.717, 1.165) is 16.5 Å². The molecule has 0 aliphatic carbocycles. The summed E-state index contributed by atoms with van der Waals surface area (Å²) in [6.07, 6.45) is -0.585. The number of thioether (sulfide) groups is 1. The third-order valence-corrected chi connectivity index (χ3v) is 4.92. The van der Waals surface area contributed by atoms with E-state index < -0.39 is 6.09 Å². The van der Waals surface area contributed by atoms with Crippen LogP contribution in [0.3, 0.4) is 0 Å². The number of nitrogens with one attached hydrogen (secondary N) is 1. The third-order valence-electron chi connectivity index (χ3n) is 2.88. The normalized spacial score (nSPS) is 10.7. The lowest BCUT2D eigenvalue weighted by Crippen LogP contribution is -2.10. The number of halogens is 1. The molecule has 0 atom stereocenters. The fourth-order valence-electron chi connectivity index (χ4n) is 1.79. The van der Waals surface area contributed by atoms with Gasteiger partial charge in [-0.3, -0.25) is 10.1 Å². The molecule has 136 valence electrons. The van der Waals surface area contributed by atoms with Gasteiger partial charge in [-0.05, 0) is 18.2 Å². The molecule has 0 spiro atoms. The number of methoxy groups -OCH3 is 1. The minimum Gasteiger partial charge on any atom is -0.484 e. The second kappa shape index (κ2) is 8.34. The van der Waals surface area contributed by atoms with Crippen molar-refractivity contribution in [2.45, 2.75) is 11.8 Å². The summed E-state index contributed by atoms with van der Waals surface area (Å²) in [5.41, 5.74) is 0.713. The van der Waals surface area contributed by atoms with Gasteiger partial charge in [0.25, 0.3) is 11.1 Å². The van der Waals surface area contributed by atoms with Gasteiger partial charge in [0.2, 0.25) is 5.12 Å². The Morgan fingerprint density at radius 3 is 3.00 bits per heavy atom. The molecular formula is C14H11ClN4O5S2. The number of carbonyl (C=O) groups is 2. The van der Waals surface area contributed by atoms with Crippen molar-refractivity contribution in [3.05, 3.63) is 24.1 Å². The molecule has 3 aromatic rings. The number of amides is 1. The Balaban J connectivity index is 1.63. The van der Waals surface area contributed by atoms with Crippen molar-refractivity contribution >= 4 is 61.3 Å². The first-order valence-corrected chi connectivity index (χ1v) is 9.21. The lowest BCUT2D eigenvalue weighted by Gasteiger charge is -2.02. The van der Waals surface area contributed by atoms with Crippen LogP contribution in [0.2, 0.25) is 0 Å². The van der Waals surface area contributed by atoms with Gasteiger partial charge < -0.3 is 13.9 Å². The van der Waals surface area contributed by atoms with Crippen LogP contribution in [0.1, 0.15) is 5.89 Å². The molecule has 2 heterocycles. The lowest BCUT2D eigenvalue weighted by atomic mass is 10.3. The largest absolute Gasteiger partial charge is 0.484 e. The molecule has 0 radical (unpaired) electrons. The van der Waals surface area contributed by atoms with Crippen molar-refractivity contribution in [1.82, 2.24) is 15.2 Å². The van der Waals surface area contributed by atoms with Crippen molar-refractivity contribution in [2.75, 3.05) is 18.3 Å². The van der Waals surface area contributed by atoms with Gasteiger partial charge in [-0.2, -0.15) is 0 Å². The van der Waals surface area contributed by atoms with E-state index in [-0.39, 0.29) is 28.7 Å². The number of aromatic nitrogens is 3. The number of fused-ring (bicyclic) bond motifs is 1. The van der Waals surface area contributed by atoms with Crippen LogP contribution in [0, 0.1) is 0 Å². The van der Waals surface area contributed by atoms with Gasteiger partial charge in [0, 0.05) is 11.8 Å². The van der Waals surface area contributed by atoms with Gasteiger partial charge in [-0.15, -0.1) is 21.8 Å². The van der Waals surface area contributed by atoms with E-state index >= 15 is 0 Å². The number of nitrogens with zero attached hydrogens (tertiary/aromatic N) is 3. The Hall–Kier alpha value is -2.37. The Morgan fingerprint density at radius 1 is 1.38 bits per heavy atom. The lowest BCUT2D eigenvalue weighted by molar-refractivity contribution is -0.108. The van der Waals surface area contributed by atoms with Crippen LogP contribution in [0.4, 0.5) is 9.93 Å². The van der Waals surface area contributed by atoms with Crippen LogP contribution >= 0.6 is 34.7 Å². The molecule has 26 heavy (non-hydrogen) atoms. The Kier molecular flexibility index (Phi) is 5.91. The first-order chi connectivity index (χ1) is 12.6. The summed E-state index contributed by atoms with van der Waals surface area (Å²) < 4.78 is 16.3. The van der Waals surface area contributed by atoms with Crippen molar-refractivity contribution in [2.24, 2.45) is 0 Å². The van der Waals surface area contributed by atoms with E-state index in [0.29, 0.717) is 16.4 Å². The van der Waals surface area contributed by atoms with Crippen LogP contribution in [-0.4, -0.2) is 39.4 Å². The van der Waals surface area contributed by atoms with E-state index in [1.165, 1.54) is 18.4 Å². The zero-order valence-electron chi connectivity index (χ0n) is 13.2. The van der Waals surface area contributed by atoms with Crippen LogP contribution in [0.25, 0.3) is 10.2 Å². The summed E-state index contributed by atoms with van der Waals surface area (Å²) in [5, 5.41) is 10.3. The number of hydrogen-bond donors (Lipinski definition) is 1. The predicted octanol–water partition coefficient (Wildman–Crippen LogP) is 3.29. The molecule has 1 amide bonds. The summed E-state index contributed by atoms with van der Waals surface area (Å²) in [7, 11) is 1.28. The molecule has 0 unspecified atom stereocenters. The number of alkyl halides is 1. The zero-order valence-corrected chi connectivity index (χ0v) is 15.6. The maximum Gasteiger partial charge on any atom is 0.413 e. The molecule has 0 saturated heterocycles. The van der Waals surface area contributed by atoms with Crippen molar-refractivity contribution in [1.29, 1.82) is 0 Å². The SMILES string of the molecule is COC(=O)Nc1nc2ccc(OCc3nnc(SC(=O)CCl)o3)cc2s1. The van der Waals surface area contributed by atoms with Gasteiger partial charge >= 0.3 is 6.09 Å². The molecular weight excluding hydrogens is 404 g/mol. The molecule has 0 bridgehead atoms. The molecule has 0 saturated carbocycles. The average Bonchev–Trinajstić information content (AvgIpc) is 3.25. The van der Waals surface area contributed by atoms with Crippen molar-refractivity contribution in [3.8, 4) is 5.75 Å². The maximum absolute atomic E-state index is 11.2. The standard InChI is InChI=1S/C14H11ClN4O5S2/c1-22-13(21)17-12-16-8-3-2-7(4-9(8)25-12)23-6-10-18-19-14(24-10)26-11(20)5-15/h2-4H,5-6H2,1H3,(H,16,17,21). The smallest absolute Gasteiger partial charge is 0.413 e. The summed E-state index contributed by atoms with van der Waals surface area (Å²) in [6.45, 7) is 0.0419. The topological polar surface area (TPSA) is 116 Å². The second-order valence-electron chi connectivity index (χ2n) is 4.62. The fourth-order valence-corrected chi connectivity index (χ4v) is 3.31. The zero-order chi connectivity index (χ0) is 18.5. The molecule has 1 N–H and O–H groups in total. The number of thiazole rings is 1. The summed E-state index contributed by atoms with van der Waals surface area (Å²) in [4.78, 5) is 26.7.